The van der Waals surface area contributed by atoms with Gasteiger partial charge in [-0.25, -0.2) is 0 Å². The summed E-state index contributed by atoms with van der Waals surface area (Å²) in [5.41, 5.74) is 4.67. The number of H-pyrrole nitrogens is 1. The van der Waals surface area contributed by atoms with Gasteiger partial charge < -0.3 is 19.8 Å². The Balaban J connectivity index is 1.71. The molecule has 1 aliphatic heterocycles. The second kappa shape index (κ2) is 10.9. The number of Topliss-reactive ketones (excluding diaryl/α,β-unsaturated/α-hetero) is 1. The van der Waals surface area contributed by atoms with Crippen LogP contribution in [0.4, 0.5) is 5.69 Å². The number of aromatic nitrogens is 1. The summed E-state index contributed by atoms with van der Waals surface area (Å²) in [6.45, 7) is 19.2. The standard InChI is InChI=1S/C31H43N3O3/c1-9-26-25(16-23(37-20(4)5)18-36-22-11-10-14-34(17-22)19(2)3)29(35)28-24-13-12-21(32-8)15-27(24)33-30(28)31(26,6)7/h9,12-13,15-16,19-20,22,32-33H,1,10-11,14,17-18H2,2-8H3/b23-16+. The number of aromatic amines is 1. The fraction of sp³-hybridized carbons (Fsp3) is 0.516. The molecule has 1 atom stereocenters. The number of nitrogens with zero attached hydrogens (tertiary/aromatic N) is 1. The van der Waals surface area contributed by atoms with Gasteiger partial charge in [0.15, 0.2) is 5.78 Å². The van der Waals surface area contributed by atoms with Gasteiger partial charge in [0.2, 0.25) is 0 Å². The van der Waals surface area contributed by atoms with Gasteiger partial charge in [-0.2, -0.15) is 0 Å². The number of carbonyl (C=O) groups is 1. The van der Waals surface area contributed by atoms with Crippen molar-refractivity contribution >= 4 is 22.4 Å². The van der Waals surface area contributed by atoms with Crippen LogP contribution in [0.1, 0.15) is 70.4 Å². The van der Waals surface area contributed by atoms with Gasteiger partial charge in [0.25, 0.3) is 0 Å². The molecule has 2 aliphatic rings. The van der Waals surface area contributed by atoms with Gasteiger partial charge in [-0.3, -0.25) is 9.69 Å². The van der Waals surface area contributed by atoms with E-state index in [0.717, 1.165) is 59.4 Å². The van der Waals surface area contributed by atoms with Crippen LogP contribution >= 0.6 is 0 Å². The summed E-state index contributed by atoms with van der Waals surface area (Å²) in [5.74, 6) is 0.664. The van der Waals surface area contributed by atoms with Gasteiger partial charge in [0, 0.05) is 52.9 Å². The molecule has 200 valence electrons. The highest BCUT2D eigenvalue weighted by molar-refractivity contribution is 6.21. The summed E-state index contributed by atoms with van der Waals surface area (Å²) in [5, 5.41) is 4.11. The molecular formula is C31H43N3O3. The highest BCUT2D eigenvalue weighted by Crippen LogP contribution is 2.44. The lowest BCUT2D eigenvalue weighted by Gasteiger charge is -2.35. The molecule has 0 bridgehead atoms. The minimum Gasteiger partial charge on any atom is -0.493 e. The largest absolute Gasteiger partial charge is 0.493 e. The van der Waals surface area contributed by atoms with Crippen molar-refractivity contribution in [2.24, 2.45) is 0 Å². The van der Waals surface area contributed by atoms with Crippen LogP contribution in [-0.4, -0.2) is 60.7 Å². The number of carbonyl (C=O) groups excluding carboxylic acids is 1. The van der Waals surface area contributed by atoms with Gasteiger partial charge in [0.1, 0.15) is 12.4 Å². The second-order valence-electron chi connectivity index (χ2n) is 11.3. The lowest BCUT2D eigenvalue weighted by molar-refractivity contribution is -0.0180. The van der Waals surface area contributed by atoms with Crippen LogP contribution in [-0.2, 0) is 14.9 Å². The Kier molecular flexibility index (Phi) is 8.00. The molecule has 1 aliphatic carbocycles. The number of fused-ring (bicyclic) bond motifs is 3. The van der Waals surface area contributed by atoms with Gasteiger partial charge in [-0.1, -0.05) is 32.6 Å². The molecule has 0 amide bonds. The van der Waals surface area contributed by atoms with Gasteiger partial charge in [-0.15, -0.1) is 0 Å². The van der Waals surface area contributed by atoms with Crippen molar-refractivity contribution in [2.45, 2.75) is 78.0 Å². The van der Waals surface area contributed by atoms with Crippen molar-refractivity contribution in [1.82, 2.24) is 9.88 Å². The molecule has 0 spiro atoms. The number of benzene rings is 1. The Morgan fingerprint density at radius 3 is 2.70 bits per heavy atom. The van der Waals surface area contributed by atoms with Crippen LogP contribution < -0.4 is 5.32 Å². The lowest BCUT2D eigenvalue weighted by Crippen LogP contribution is -2.43. The van der Waals surface area contributed by atoms with E-state index in [9.17, 15) is 4.79 Å². The van der Waals surface area contributed by atoms with E-state index in [1.807, 2.05) is 51.2 Å². The molecule has 4 rings (SSSR count). The molecule has 1 saturated heterocycles. The highest BCUT2D eigenvalue weighted by Gasteiger charge is 2.40. The molecule has 1 aromatic carbocycles. The van der Waals surface area contributed by atoms with Crippen LogP contribution in [0.15, 0.2) is 53.8 Å². The highest BCUT2D eigenvalue weighted by atomic mass is 16.5. The van der Waals surface area contributed by atoms with Crippen molar-refractivity contribution in [3.63, 3.8) is 0 Å². The monoisotopic (exact) mass is 505 g/mol. The Morgan fingerprint density at radius 2 is 2.05 bits per heavy atom. The average Bonchev–Trinajstić information content (AvgIpc) is 3.25. The van der Waals surface area contributed by atoms with E-state index in [1.165, 1.54) is 0 Å². The van der Waals surface area contributed by atoms with E-state index in [4.69, 9.17) is 9.47 Å². The molecule has 0 radical (unpaired) electrons. The first kappa shape index (κ1) is 27.2. The van der Waals surface area contributed by atoms with Crippen LogP contribution in [0, 0.1) is 0 Å². The summed E-state index contributed by atoms with van der Waals surface area (Å²) < 4.78 is 12.6. The number of hydrogen-bond acceptors (Lipinski definition) is 5. The summed E-state index contributed by atoms with van der Waals surface area (Å²) in [7, 11) is 1.89. The normalized spacial score (nSPS) is 20.6. The minimum atomic E-state index is -0.430. The van der Waals surface area contributed by atoms with Crippen molar-refractivity contribution < 1.29 is 14.3 Å². The van der Waals surface area contributed by atoms with Crippen molar-refractivity contribution in [3.05, 3.63) is 65.1 Å². The number of piperidine rings is 1. The minimum absolute atomic E-state index is 0.0128. The Hall–Kier alpha value is -2.83. The molecule has 0 saturated carbocycles. The maximum Gasteiger partial charge on any atom is 0.195 e. The average molecular weight is 506 g/mol. The number of nitrogens with one attached hydrogen (secondary N) is 2. The number of likely N-dealkylation sites (tertiary alicyclic amines) is 1. The third-order valence-electron chi connectivity index (χ3n) is 7.65. The molecule has 2 N–H and O–H groups in total. The lowest BCUT2D eigenvalue weighted by atomic mass is 9.71. The van der Waals surface area contributed by atoms with Crippen molar-refractivity contribution in [2.75, 3.05) is 32.1 Å². The number of allylic oxidation sites excluding steroid dienone is 4. The number of anilines is 1. The van der Waals surface area contributed by atoms with Gasteiger partial charge in [0.05, 0.1) is 17.8 Å². The van der Waals surface area contributed by atoms with E-state index in [0.29, 0.717) is 24.0 Å². The Bertz CT molecular complexity index is 1230. The predicted molar refractivity (Wildman–Crippen MR) is 152 cm³/mol. The van der Waals surface area contributed by atoms with Crippen molar-refractivity contribution in [3.8, 4) is 0 Å². The van der Waals surface area contributed by atoms with E-state index >= 15 is 0 Å². The topological polar surface area (TPSA) is 66.6 Å². The first-order valence-corrected chi connectivity index (χ1v) is 13.6. The van der Waals surface area contributed by atoms with Crippen LogP contribution in [0.3, 0.4) is 0 Å². The second-order valence-corrected chi connectivity index (χ2v) is 11.3. The van der Waals surface area contributed by atoms with E-state index in [2.05, 4.69) is 49.5 Å². The summed E-state index contributed by atoms with van der Waals surface area (Å²) >= 11 is 0. The zero-order chi connectivity index (χ0) is 26.9. The third kappa shape index (κ3) is 5.41. The first-order valence-electron chi connectivity index (χ1n) is 13.6. The molecule has 6 heteroatoms. The maximum atomic E-state index is 14.1. The van der Waals surface area contributed by atoms with Crippen LogP contribution in [0.25, 0.3) is 10.9 Å². The predicted octanol–water partition coefficient (Wildman–Crippen LogP) is 6.36. The maximum absolute atomic E-state index is 14.1. The van der Waals surface area contributed by atoms with Gasteiger partial charge in [-0.05, 0) is 70.9 Å². The number of hydrogen-bond donors (Lipinski definition) is 2. The van der Waals surface area contributed by atoms with Gasteiger partial charge >= 0.3 is 0 Å². The summed E-state index contributed by atoms with van der Waals surface area (Å²) in [6.07, 6.45) is 6.00. The molecule has 2 heterocycles. The summed E-state index contributed by atoms with van der Waals surface area (Å²) in [6, 6.07) is 6.57. The Labute approximate surface area is 221 Å². The van der Waals surface area contributed by atoms with E-state index in [-0.39, 0.29) is 18.0 Å². The van der Waals surface area contributed by atoms with Crippen LogP contribution in [0.2, 0.25) is 0 Å². The first-order chi connectivity index (χ1) is 17.6. The number of ketones is 1. The zero-order valence-corrected chi connectivity index (χ0v) is 23.5. The molecule has 1 unspecified atom stereocenters. The molecule has 1 aromatic heterocycles. The molecule has 2 aromatic rings. The smallest absolute Gasteiger partial charge is 0.195 e. The third-order valence-corrected chi connectivity index (χ3v) is 7.65. The molecular weight excluding hydrogens is 462 g/mol. The quantitative estimate of drug-likeness (QED) is 0.388. The SMILES string of the molecule is C=CC1=C(/C=C(\COC2CCCN(C(C)C)C2)OC(C)C)C(=O)c2c([nH]c3cc(NC)ccc23)C1(C)C. The molecule has 37 heavy (non-hydrogen) atoms. The fourth-order valence-electron chi connectivity index (χ4n) is 5.64. The van der Waals surface area contributed by atoms with E-state index < -0.39 is 5.41 Å². The molecule has 1 fully saturated rings. The number of rotatable bonds is 9. The Morgan fingerprint density at radius 1 is 1.30 bits per heavy atom. The number of ether oxygens (including phenoxy) is 2. The summed E-state index contributed by atoms with van der Waals surface area (Å²) in [4.78, 5) is 20.1. The van der Waals surface area contributed by atoms with E-state index in [1.54, 1.807) is 0 Å². The van der Waals surface area contributed by atoms with Crippen molar-refractivity contribution in [1.29, 1.82) is 0 Å². The van der Waals surface area contributed by atoms with Crippen LogP contribution in [0.5, 0.6) is 0 Å². The molecule has 6 nitrogen and oxygen atoms in total. The zero-order valence-electron chi connectivity index (χ0n) is 23.5. The fourth-order valence-corrected chi connectivity index (χ4v) is 5.64.